The lowest BCUT2D eigenvalue weighted by molar-refractivity contribution is -0.123. The number of nitriles is 1. The van der Waals surface area contributed by atoms with Crippen LogP contribution in [0.4, 0.5) is 0 Å². The van der Waals surface area contributed by atoms with E-state index in [2.05, 4.69) is 34.4 Å². The van der Waals surface area contributed by atoms with Crippen molar-refractivity contribution in [3.05, 3.63) is 17.5 Å². The first kappa shape index (κ1) is 17.0. The number of likely N-dealkylation sites (tertiary alicyclic amines) is 1. The van der Waals surface area contributed by atoms with Crippen molar-refractivity contribution in [1.29, 1.82) is 5.26 Å². The molecule has 1 saturated heterocycles. The van der Waals surface area contributed by atoms with Gasteiger partial charge in [-0.05, 0) is 65.0 Å². The summed E-state index contributed by atoms with van der Waals surface area (Å²) in [5, 5.41) is 17.0. The maximum Gasteiger partial charge on any atom is 0.235 e. The smallest absolute Gasteiger partial charge is 0.235 e. The van der Waals surface area contributed by atoms with Gasteiger partial charge in [0.2, 0.25) is 5.91 Å². The molecule has 6 heteroatoms. The van der Waals surface area contributed by atoms with E-state index in [0.29, 0.717) is 12.6 Å². The molecule has 2 heterocycles. The minimum atomic E-state index is -0.623. The van der Waals surface area contributed by atoms with Crippen LogP contribution in [-0.2, 0) is 11.3 Å². The number of aryl methyl sites for hydroxylation is 2. The average molecular weight is 329 g/mol. The zero-order valence-corrected chi connectivity index (χ0v) is 14.7. The molecule has 1 saturated carbocycles. The molecule has 1 aliphatic carbocycles. The second kappa shape index (κ2) is 6.94. The molecule has 1 atom stereocenters. The molecule has 1 N–H and O–H groups in total. The van der Waals surface area contributed by atoms with Gasteiger partial charge < -0.3 is 5.32 Å². The van der Waals surface area contributed by atoms with E-state index in [0.717, 1.165) is 63.0 Å². The normalized spacial score (nSPS) is 23.3. The van der Waals surface area contributed by atoms with Gasteiger partial charge in [0, 0.05) is 11.7 Å². The van der Waals surface area contributed by atoms with E-state index in [4.69, 9.17) is 0 Å². The number of hydrogen-bond donors (Lipinski definition) is 1. The molecular formula is C18H27N5O. The Bertz CT molecular complexity index is 638. The molecule has 0 bridgehead atoms. The van der Waals surface area contributed by atoms with Gasteiger partial charge in [-0.2, -0.15) is 10.4 Å². The lowest BCUT2D eigenvalue weighted by atomic mass is 10.00. The van der Waals surface area contributed by atoms with Crippen LogP contribution in [0.3, 0.4) is 0 Å². The third-order valence-electron chi connectivity index (χ3n) is 5.38. The maximum atomic E-state index is 12.5. The standard InChI is InChI=1S/C18H27N5O/c1-14-10-15(2)23(21-14)11-16-6-5-9-22(16)12-17(24)20-18(13-19)7-3-4-8-18/h10,16H,3-9,11-12H2,1-2H3,(H,20,24)/t16-/m1/s1. The topological polar surface area (TPSA) is 74.0 Å². The minimum Gasteiger partial charge on any atom is -0.337 e. The number of rotatable bonds is 5. The molecule has 130 valence electrons. The Labute approximate surface area is 143 Å². The summed E-state index contributed by atoms with van der Waals surface area (Å²) in [4.78, 5) is 14.7. The summed E-state index contributed by atoms with van der Waals surface area (Å²) >= 11 is 0. The van der Waals surface area contributed by atoms with Gasteiger partial charge in [0.05, 0.1) is 24.9 Å². The zero-order valence-electron chi connectivity index (χ0n) is 14.7. The van der Waals surface area contributed by atoms with Gasteiger partial charge in [-0.15, -0.1) is 0 Å². The number of amides is 1. The van der Waals surface area contributed by atoms with E-state index in [-0.39, 0.29) is 5.91 Å². The third-order valence-corrected chi connectivity index (χ3v) is 5.38. The van der Waals surface area contributed by atoms with E-state index in [9.17, 15) is 10.1 Å². The van der Waals surface area contributed by atoms with Gasteiger partial charge >= 0.3 is 0 Å². The first-order valence-corrected chi connectivity index (χ1v) is 8.99. The Kier molecular flexibility index (Phi) is 4.91. The van der Waals surface area contributed by atoms with Gasteiger partial charge in [0.15, 0.2) is 0 Å². The first-order chi connectivity index (χ1) is 11.5. The number of nitrogens with zero attached hydrogens (tertiary/aromatic N) is 4. The average Bonchev–Trinajstić information content (AvgIpc) is 3.23. The van der Waals surface area contributed by atoms with Crippen molar-refractivity contribution in [1.82, 2.24) is 20.0 Å². The molecule has 0 unspecified atom stereocenters. The van der Waals surface area contributed by atoms with Crippen LogP contribution >= 0.6 is 0 Å². The van der Waals surface area contributed by atoms with E-state index in [1.165, 1.54) is 0 Å². The molecule has 0 spiro atoms. The van der Waals surface area contributed by atoms with Crippen molar-refractivity contribution < 1.29 is 4.79 Å². The molecule has 3 rings (SSSR count). The fourth-order valence-electron chi connectivity index (χ4n) is 4.10. The SMILES string of the molecule is Cc1cc(C)n(C[C@H]2CCCN2CC(=O)NC2(C#N)CCCC2)n1. The van der Waals surface area contributed by atoms with Crippen molar-refractivity contribution in [3.8, 4) is 6.07 Å². The van der Waals surface area contributed by atoms with Crippen molar-refractivity contribution >= 4 is 5.91 Å². The summed E-state index contributed by atoms with van der Waals surface area (Å²) in [6.45, 7) is 6.23. The fourth-order valence-corrected chi connectivity index (χ4v) is 4.10. The summed E-state index contributed by atoms with van der Waals surface area (Å²) in [6.07, 6.45) is 5.82. The molecular weight excluding hydrogens is 302 g/mol. The van der Waals surface area contributed by atoms with E-state index < -0.39 is 5.54 Å². The molecule has 1 amide bonds. The van der Waals surface area contributed by atoms with Crippen LogP contribution in [0.5, 0.6) is 0 Å². The fraction of sp³-hybridized carbons (Fsp3) is 0.722. The monoisotopic (exact) mass is 329 g/mol. The van der Waals surface area contributed by atoms with Gasteiger partial charge in [-0.25, -0.2) is 0 Å². The summed E-state index contributed by atoms with van der Waals surface area (Å²) in [5.41, 5.74) is 1.58. The van der Waals surface area contributed by atoms with Crippen LogP contribution in [0.2, 0.25) is 0 Å². The summed E-state index contributed by atoms with van der Waals surface area (Å²) < 4.78 is 2.05. The first-order valence-electron chi connectivity index (χ1n) is 8.99. The second-order valence-corrected chi connectivity index (χ2v) is 7.32. The molecule has 2 aliphatic rings. The van der Waals surface area contributed by atoms with Crippen LogP contribution in [0.1, 0.15) is 49.9 Å². The van der Waals surface area contributed by atoms with E-state index >= 15 is 0 Å². The lowest BCUT2D eigenvalue weighted by Crippen LogP contribution is -2.50. The van der Waals surface area contributed by atoms with Crippen molar-refractivity contribution in [2.24, 2.45) is 0 Å². The van der Waals surface area contributed by atoms with E-state index in [1.807, 2.05) is 11.6 Å². The predicted octanol–water partition coefficient (Wildman–Crippen LogP) is 1.92. The maximum absolute atomic E-state index is 12.5. The van der Waals surface area contributed by atoms with Gasteiger partial charge in [-0.3, -0.25) is 14.4 Å². The number of hydrogen-bond acceptors (Lipinski definition) is 4. The number of aromatic nitrogens is 2. The largest absolute Gasteiger partial charge is 0.337 e. The molecule has 0 radical (unpaired) electrons. The molecule has 1 aromatic rings. The zero-order chi connectivity index (χ0) is 17.2. The van der Waals surface area contributed by atoms with Crippen molar-refractivity contribution in [3.63, 3.8) is 0 Å². The highest BCUT2D eigenvalue weighted by Crippen LogP contribution is 2.29. The Morgan fingerprint density at radius 1 is 1.42 bits per heavy atom. The van der Waals surface area contributed by atoms with Gasteiger partial charge in [0.1, 0.15) is 5.54 Å². The Balaban J connectivity index is 1.58. The van der Waals surface area contributed by atoms with E-state index in [1.54, 1.807) is 0 Å². The Hall–Kier alpha value is -1.87. The van der Waals surface area contributed by atoms with Crippen LogP contribution in [-0.4, -0.2) is 45.3 Å². The highest BCUT2D eigenvalue weighted by molar-refractivity contribution is 5.79. The molecule has 1 aromatic heterocycles. The van der Waals surface area contributed by atoms with Crippen LogP contribution in [0.15, 0.2) is 6.07 Å². The Morgan fingerprint density at radius 2 is 2.17 bits per heavy atom. The van der Waals surface area contributed by atoms with Crippen LogP contribution < -0.4 is 5.32 Å². The second-order valence-electron chi connectivity index (χ2n) is 7.32. The molecule has 2 fully saturated rings. The quantitative estimate of drug-likeness (QED) is 0.895. The highest BCUT2D eigenvalue weighted by Gasteiger charge is 2.36. The number of nitrogens with one attached hydrogen (secondary N) is 1. The van der Waals surface area contributed by atoms with Crippen molar-refractivity contribution in [2.75, 3.05) is 13.1 Å². The predicted molar refractivity (Wildman–Crippen MR) is 91.3 cm³/mol. The summed E-state index contributed by atoms with van der Waals surface area (Å²) in [6, 6.07) is 4.76. The highest BCUT2D eigenvalue weighted by atomic mass is 16.2. The third kappa shape index (κ3) is 3.62. The van der Waals surface area contributed by atoms with Crippen molar-refractivity contribution in [2.45, 2.75) is 70.5 Å². The minimum absolute atomic E-state index is 0.0151. The van der Waals surface area contributed by atoms with Gasteiger partial charge in [-0.1, -0.05) is 0 Å². The molecule has 0 aromatic carbocycles. The Morgan fingerprint density at radius 3 is 2.79 bits per heavy atom. The van der Waals surface area contributed by atoms with Crippen LogP contribution in [0.25, 0.3) is 0 Å². The van der Waals surface area contributed by atoms with Gasteiger partial charge in [0.25, 0.3) is 0 Å². The van der Waals surface area contributed by atoms with Crippen LogP contribution in [0, 0.1) is 25.2 Å². The summed E-state index contributed by atoms with van der Waals surface area (Å²) in [7, 11) is 0. The summed E-state index contributed by atoms with van der Waals surface area (Å²) in [5.74, 6) is -0.0151. The number of carbonyl (C=O) groups excluding carboxylic acids is 1. The molecule has 24 heavy (non-hydrogen) atoms. The lowest BCUT2D eigenvalue weighted by Gasteiger charge is -2.27. The molecule has 1 aliphatic heterocycles. The number of carbonyl (C=O) groups is 1. The molecule has 6 nitrogen and oxygen atoms in total.